The smallest absolute Gasteiger partial charge is 0.363 e. The van der Waals surface area contributed by atoms with E-state index in [1.807, 2.05) is 12.1 Å². The van der Waals surface area contributed by atoms with Gasteiger partial charge in [-0.3, -0.25) is 0 Å². The number of rotatable bonds is 4. The van der Waals surface area contributed by atoms with E-state index in [9.17, 15) is 14.0 Å². The lowest BCUT2D eigenvalue weighted by Crippen LogP contribution is -2.12. The van der Waals surface area contributed by atoms with Gasteiger partial charge in [-0.1, -0.05) is 51.1 Å². The molecule has 1 heterocycles. The highest BCUT2D eigenvalue weighted by atomic mass is 19.1. The summed E-state index contributed by atoms with van der Waals surface area (Å²) in [6.07, 6.45) is 1.52. The monoisotopic (exact) mass is 443 g/mol. The fourth-order valence-corrected chi connectivity index (χ4v) is 3.25. The Labute approximate surface area is 191 Å². The highest BCUT2D eigenvalue weighted by molar-refractivity contribution is 6.12. The number of halogens is 1. The van der Waals surface area contributed by atoms with Gasteiger partial charge < -0.3 is 9.47 Å². The molecular formula is C27H22FNO4. The van der Waals surface area contributed by atoms with Crippen LogP contribution in [0.15, 0.2) is 83.5 Å². The Morgan fingerprint density at radius 3 is 2.42 bits per heavy atom. The topological polar surface area (TPSA) is 65.0 Å². The molecule has 0 unspecified atom stereocenters. The molecule has 33 heavy (non-hydrogen) atoms. The summed E-state index contributed by atoms with van der Waals surface area (Å²) in [5.41, 5.74) is 2.58. The Morgan fingerprint density at radius 2 is 1.73 bits per heavy atom. The maximum Gasteiger partial charge on any atom is 0.363 e. The molecule has 0 spiro atoms. The van der Waals surface area contributed by atoms with Gasteiger partial charge in [0, 0.05) is 5.56 Å². The van der Waals surface area contributed by atoms with Crippen LogP contribution >= 0.6 is 0 Å². The number of hydrogen-bond acceptors (Lipinski definition) is 5. The summed E-state index contributed by atoms with van der Waals surface area (Å²) in [5.74, 6) is -1.21. The number of benzene rings is 3. The Hall–Kier alpha value is -4.06. The molecule has 0 saturated heterocycles. The van der Waals surface area contributed by atoms with Gasteiger partial charge in [0.1, 0.15) is 11.6 Å². The first-order valence-corrected chi connectivity index (χ1v) is 10.4. The molecule has 0 fully saturated rings. The third-order valence-electron chi connectivity index (χ3n) is 5.05. The Balaban J connectivity index is 1.51. The van der Waals surface area contributed by atoms with E-state index in [0.717, 1.165) is 5.56 Å². The van der Waals surface area contributed by atoms with Gasteiger partial charge in [0.15, 0.2) is 5.70 Å². The van der Waals surface area contributed by atoms with Gasteiger partial charge in [-0.25, -0.2) is 19.0 Å². The highest BCUT2D eigenvalue weighted by Crippen LogP contribution is 2.24. The van der Waals surface area contributed by atoms with Crippen molar-refractivity contribution in [2.45, 2.75) is 26.2 Å². The van der Waals surface area contributed by atoms with E-state index in [0.29, 0.717) is 22.4 Å². The molecule has 6 heteroatoms. The van der Waals surface area contributed by atoms with Crippen molar-refractivity contribution < 1.29 is 23.5 Å². The van der Waals surface area contributed by atoms with Crippen LogP contribution in [0, 0.1) is 5.82 Å². The molecule has 4 rings (SSSR count). The first-order chi connectivity index (χ1) is 15.7. The number of ether oxygens (including phenoxy) is 2. The summed E-state index contributed by atoms with van der Waals surface area (Å²) >= 11 is 0. The highest BCUT2D eigenvalue weighted by Gasteiger charge is 2.24. The molecule has 0 atom stereocenters. The van der Waals surface area contributed by atoms with Crippen LogP contribution in [-0.4, -0.2) is 17.8 Å². The first-order valence-electron chi connectivity index (χ1n) is 10.4. The van der Waals surface area contributed by atoms with E-state index < -0.39 is 17.8 Å². The Bertz CT molecular complexity index is 1280. The van der Waals surface area contributed by atoms with Gasteiger partial charge in [0.25, 0.3) is 0 Å². The van der Waals surface area contributed by atoms with Gasteiger partial charge in [-0.2, -0.15) is 0 Å². The van der Waals surface area contributed by atoms with Crippen LogP contribution in [0.25, 0.3) is 6.08 Å². The molecule has 3 aromatic carbocycles. The Kier molecular flexibility index (Phi) is 5.92. The third kappa shape index (κ3) is 5.23. The van der Waals surface area contributed by atoms with Crippen molar-refractivity contribution >= 4 is 23.9 Å². The minimum Gasteiger partial charge on any atom is -0.423 e. The fourth-order valence-electron chi connectivity index (χ4n) is 3.25. The van der Waals surface area contributed by atoms with Crippen LogP contribution in [0.4, 0.5) is 4.39 Å². The van der Waals surface area contributed by atoms with Crippen molar-refractivity contribution in [2.24, 2.45) is 4.99 Å². The van der Waals surface area contributed by atoms with Gasteiger partial charge in [0.2, 0.25) is 5.90 Å². The molecule has 0 aromatic heterocycles. The number of carbonyl (C=O) groups excluding carboxylic acids is 2. The quantitative estimate of drug-likeness (QED) is 0.295. The number of esters is 2. The SMILES string of the molecule is CC(C)(C)c1ccc(C(=O)Oc2cccc(/C=C3/N=C(c4cccc(F)c4)OC3=O)c2)cc1. The summed E-state index contributed by atoms with van der Waals surface area (Å²) in [4.78, 5) is 28.9. The minimum atomic E-state index is -0.643. The average molecular weight is 443 g/mol. The average Bonchev–Trinajstić information content (AvgIpc) is 3.14. The van der Waals surface area contributed by atoms with Gasteiger partial charge in [-0.15, -0.1) is 0 Å². The summed E-state index contributed by atoms with van der Waals surface area (Å²) < 4.78 is 24.1. The molecule has 0 radical (unpaired) electrons. The van der Waals surface area contributed by atoms with Crippen molar-refractivity contribution in [1.82, 2.24) is 0 Å². The van der Waals surface area contributed by atoms with Crippen LogP contribution in [0.1, 0.15) is 47.8 Å². The molecule has 3 aromatic rings. The summed E-state index contributed by atoms with van der Waals surface area (Å²) in [6.45, 7) is 6.31. The van der Waals surface area contributed by atoms with Crippen LogP contribution in [0.2, 0.25) is 0 Å². The van der Waals surface area contributed by atoms with E-state index in [1.165, 1.54) is 24.3 Å². The summed E-state index contributed by atoms with van der Waals surface area (Å²) in [6, 6.07) is 19.7. The molecular weight excluding hydrogens is 421 g/mol. The van der Waals surface area contributed by atoms with Crippen molar-refractivity contribution in [3.05, 3.63) is 107 Å². The predicted molar refractivity (Wildman–Crippen MR) is 124 cm³/mol. The van der Waals surface area contributed by atoms with E-state index in [1.54, 1.807) is 42.5 Å². The molecule has 0 bridgehead atoms. The number of cyclic esters (lactones) is 1. The fraction of sp³-hybridized carbons (Fsp3) is 0.148. The van der Waals surface area contributed by atoms with Crippen molar-refractivity contribution in [3.8, 4) is 5.75 Å². The molecule has 0 amide bonds. The normalized spacial score (nSPS) is 14.7. The largest absolute Gasteiger partial charge is 0.423 e. The van der Waals surface area contributed by atoms with Crippen molar-refractivity contribution in [3.63, 3.8) is 0 Å². The predicted octanol–water partition coefficient (Wildman–Crippen LogP) is 5.69. The Morgan fingerprint density at radius 1 is 1.00 bits per heavy atom. The molecule has 5 nitrogen and oxygen atoms in total. The maximum absolute atomic E-state index is 13.5. The van der Waals surface area contributed by atoms with E-state index in [4.69, 9.17) is 9.47 Å². The standard InChI is InChI=1S/C27H22FNO4/c1-27(2,3)20-12-10-18(11-13-20)25(30)32-22-9-4-6-17(14-22)15-23-26(31)33-24(29-23)19-7-5-8-21(28)16-19/h4-16H,1-3H3/b23-15+. The number of hydrogen-bond donors (Lipinski definition) is 0. The second kappa shape index (κ2) is 8.82. The number of nitrogens with zero attached hydrogens (tertiary/aromatic N) is 1. The molecule has 1 aliphatic heterocycles. The van der Waals surface area contributed by atoms with Crippen LogP contribution in [0.3, 0.4) is 0 Å². The van der Waals surface area contributed by atoms with Crippen LogP contribution < -0.4 is 4.74 Å². The second-order valence-corrected chi connectivity index (χ2v) is 8.64. The summed E-state index contributed by atoms with van der Waals surface area (Å²) in [7, 11) is 0. The van der Waals surface area contributed by atoms with Crippen molar-refractivity contribution in [1.29, 1.82) is 0 Å². The van der Waals surface area contributed by atoms with Gasteiger partial charge in [0.05, 0.1) is 5.56 Å². The van der Waals surface area contributed by atoms with Crippen molar-refractivity contribution in [2.75, 3.05) is 0 Å². The van der Waals surface area contributed by atoms with Crippen LogP contribution in [-0.2, 0) is 14.9 Å². The first kappa shape index (κ1) is 22.1. The molecule has 0 aliphatic carbocycles. The third-order valence-corrected chi connectivity index (χ3v) is 5.05. The zero-order chi connectivity index (χ0) is 23.6. The van der Waals surface area contributed by atoms with E-state index in [2.05, 4.69) is 25.8 Å². The lowest BCUT2D eigenvalue weighted by atomic mass is 9.87. The van der Waals surface area contributed by atoms with Crippen LogP contribution in [0.5, 0.6) is 5.75 Å². The number of aliphatic imine (C=N–C) groups is 1. The van der Waals surface area contributed by atoms with E-state index in [-0.39, 0.29) is 17.0 Å². The second-order valence-electron chi connectivity index (χ2n) is 8.64. The summed E-state index contributed by atoms with van der Waals surface area (Å²) in [5, 5.41) is 0. The van der Waals surface area contributed by atoms with Gasteiger partial charge in [-0.05, 0) is 65.1 Å². The zero-order valence-corrected chi connectivity index (χ0v) is 18.5. The number of carbonyl (C=O) groups is 2. The lowest BCUT2D eigenvalue weighted by molar-refractivity contribution is -0.129. The lowest BCUT2D eigenvalue weighted by Gasteiger charge is -2.18. The molecule has 0 saturated carbocycles. The minimum absolute atomic E-state index is 0.0112. The zero-order valence-electron chi connectivity index (χ0n) is 18.5. The molecule has 1 aliphatic rings. The van der Waals surface area contributed by atoms with Gasteiger partial charge >= 0.3 is 11.9 Å². The maximum atomic E-state index is 13.5. The molecule has 0 N–H and O–H groups in total. The molecule has 166 valence electrons. The van der Waals surface area contributed by atoms with E-state index >= 15 is 0 Å².